The molecular formula is C23H25N3O4S. The molecule has 0 spiro atoms. The van der Waals surface area contributed by atoms with E-state index in [0.717, 1.165) is 36.9 Å². The summed E-state index contributed by atoms with van der Waals surface area (Å²) in [5, 5.41) is 0. The highest BCUT2D eigenvalue weighted by molar-refractivity contribution is 7.92. The van der Waals surface area contributed by atoms with Crippen molar-refractivity contribution in [3.05, 3.63) is 53.6 Å². The summed E-state index contributed by atoms with van der Waals surface area (Å²) in [7, 11) is -3.88. The highest BCUT2D eigenvalue weighted by Gasteiger charge is 2.36. The van der Waals surface area contributed by atoms with Crippen LogP contribution in [0, 0.1) is 5.92 Å². The molecule has 7 nitrogen and oxygen atoms in total. The standard InChI is InChI=1S/C23H25N3O4S/c27-22(16-7-8-16)26-14-11-17-15-18(9-10-21(17)26)31(29,30)24-20-6-2-1-5-19(20)23(28)25-12-3-4-13-25/h1-2,5-6,9-10,15-16,24H,3-4,7-8,11-14H2. The molecule has 3 aliphatic rings. The summed E-state index contributed by atoms with van der Waals surface area (Å²) in [6.45, 7) is 1.98. The van der Waals surface area contributed by atoms with Crippen LogP contribution in [0.15, 0.2) is 47.4 Å². The van der Waals surface area contributed by atoms with E-state index in [2.05, 4.69) is 4.72 Å². The zero-order chi connectivity index (χ0) is 21.6. The first-order chi connectivity index (χ1) is 14.9. The van der Waals surface area contributed by atoms with Crippen molar-refractivity contribution in [2.45, 2.75) is 37.0 Å². The fourth-order valence-corrected chi connectivity index (χ4v) is 5.51. The number of hydrogen-bond donors (Lipinski definition) is 1. The van der Waals surface area contributed by atoms with Crippen molar-refractivity contribution in [2.75, 3.05) is 29.3 Å². The molecule has 2 heterocycles. The first-order valence-corrected chi connectivity index (χ1v) is 12.3. The number of hydrogen-bond acceptors (Lipinski definition) is 4. The third-order valence-electron chi connectivity index (χ3n) is 6.24. The van der Waals surface area contributed by atoms with Crippen LogP contribution in [0.1, 0.15) is 41.6 Å². The van der Waals surface area contributed by atoms with Crippen LogP contribution in [0.4, 0.5) is 11.4 Å². The van der Waals surface area contributed by atoms with Crippen molar-refractivity contribution < 1.29 is 18.0 Å². The SMILES string of the molecule is O=C(c1ccccc1NS(=O)(=O)c1ccc2c(c1)CCN2C(=O)C1CC1)N1CCCC1. The van der Waals surface area contributed by atoms with E-state index in [1.807, 2.05) is 0 Å². The van der Waals surface area contributed by atoms with E-state index in [-0.39, 0.29) is 28.3 Å². The van der Waals surface area contributed by atoms with Crippen LogP contribution in [0.2, 0.25) is 0 Å². The first-order valence-electron chi connectivity index (χ1n) is 10.8. The van der Waals surface area contributed by atoms with Crippen LogP contribution >= 0.6 is 0 Å². The Morgan fingerprint density at radius 2 is 1.71 bits per heavy atom. The van der Waals surface area contributed by atoms with Gasteiger partial charge in [0.15, 0.2) is 0 Å². The molecule has 2 fully saturated rings. The van der Waals surface area contributed by atoms with Crippen LogP contribution in [0.3, 0.4) is 0 Å². The lowest BCUT2D eigenvalue weighted by atomic mass is 10.1. The molecule has 0 bridgehead atoms. The Hall–Kier alpha value is -2.87. The van der Waals surface area contributed by atoms with Gasteiger partial charge in [-0.1, -0.05) is 12.1 Å². The minimum atomic E-state index is -3.88. The average molecular weight is 440 g/mol. The van der Waals surface area contributed by atoms with Gasteiger partial charge in [0.1, 0.15) is 0 Å². The second-order valence-corrected chi connectivity index (χ2v) is 10.1. The molecule has 162 valence electrons. The topological polar surface area (TPSA) is 86.8 Å². The first kappa shape index (κ1) is 20.1. The predicted octanol–water partition coefficient (Wildman–Crippen LogP) is 3.02. The molecule has 0 radical (unpaired) electrons. The maximum atomic E-state index is 13.1. The van der Waals surface area contributed by atoms with Crippen molar-refractivity contribution in [1.29, 1.82) is 0 Å². The molecule has 0 aromatic heterocycles. The lowest BCUT2D eigenvalue weighted by Gasteiger charge is -2.19. The number of nitrogens with zero attached hydrogens (tertiary/aromatic N) is 2. The number of anilines is 2. The predicted molar refractivity (Wildman–Crippen MR) is 118 cm³/mol. The van der Waals surface area contributed by atoms with Gasteiger partial charge >= 0.3 is 0 Å². The van der Waals surface area contributed by atoms with Crippen LogP contribution < -0.4 is 9.62 Å². The monoisotopic (exact) mass is 439 g/mol. The lowest BCUT2D eigenvalue weighted by molar-refractivity contribution is -0.119. The maximum Gasteiger partial charge on any atom is 0.261 e. The fourth-order valence-electron chi connectivity index (χ4n) is 4.38. The van der Waals surface area contributed by atoms with Crippen LogP contribution in [0.5, 0.6) is 0 Å². The van der Waals surface area contributed by atoms with Crippen molar-refractivity contribution in [2.24, 2.45) is 5.92 Å². The number of carbonyl (C=O) groups excluding carboxylic acids is 2. The van der Waals surface area contributed by atoms with Crippen LogP contribution in [-0.2, 0) is 21.2 Å². The van der Waals surface area contributed by atoms with Gasteiger partial charge in [-0.05, 0) is 68.0 Å². The van der Waals surface area contributed by atoms with Gasteiger partial charge in [-0.15, -0.1) is 0 Å². The van der Waals surface area contributed by atoms with E-state index in [1.54, 1.807) is 46.2 Å². The molecular weight excluding hydrogens is 414 g/mol. The molecule has 31 heavy (non-hydrogen) atoms. The molecule has 2 aliphatic heterocycles. The number of sulfonamides is 1. The summed E-state index contributed by atoms with van der Waals surface area (Å²) in [6, 6.07) is 11.6. The number of likely N-dealkylation sites (tertiary alicyclic amines) is 1. The molecule has 1 aliphatic carbocycles. The Kier molecular flexibility index (Phi) is 4.97. The van der Waals surface area contributed by atoms with Crippen molar-refractivity contribution in [3.8, 4) is 0 Å². The van der Waals surface area contributed by atoms with Crippen molar-refractivity contribution >= 4 is 33.2 Å². The Balaban J connectivity index is 1.40. The third kappa shape index (κ3) is 3.80. The zero-order valence-electron chi connectivity index (χ0n) is 17.2. The van der Waals surface area contributed by atoms with E-state index in [0.29, 0.717) is 31.6 Å². The van der Waals surface area contributed by atoms with Crippen LogP contribution in [0.25, 0.3) is 0 Å². The number of nitrogens with one attached hydrogen (secondary N) is 1. The second-order valence-electron chi connectivity index (χ2n) is 8.46. The van der Waals surface area contributed by atoms with E-state index in [4.69, 9.17) is 0 Å². The minimum Gasteiger partial charge on any atom is -0.339 e. The van der Waals surface area contributed by atoms with Gasteiger partial charge in [0.05, 0.1) is 16.1 Å². The highest BCUT2D eigenvalue weighted by Crippen LogP contribution is 2.37. The molecule has 1 saturated carbocycles. The van der Waals surface area contributed by atoms with Gasteiger partial charge in [-0.25, -0.2) is 8.42 Å². The van der Waals surface area contributed by atoms with Crippen molar-refractivity contribution in [3.63, 3.8) is 0 Å². The molecule has 5 rings (SSSR count). The molecule has 0 unspecified atom stereocenters. The fraction of sp³-hybridized carbons (Fsp3) is 0.391. The van der Waals surface area contributed by atoms with E-state index in [1.165, 1.54) is 6.07 Å². The van der Waals surface area contributed by atoms with Gasteiger partial charge in [0.2, 0.25) is 5.91 Å². The maximum absolute atomic E-state index is 13.1. The molecule has 2 aromatic rings. The smallest absolute Gasteiger partial charge is 0.261 e. The summed E-state index contributed by atoms with van der Waals surface area (Å²) >= 11 is 0. The summed E-state index contributed by atoms with van der Waals surface area (Å²) in [4.78, 5) is 29.0. The Morgan fingerprint density at radius 3 is 2.45 bits per heavy atom. The zero-order valence-corrected chi connectivity index (χ0v) is 18.0. The lowest BCUT2D eigenvalue weighted by Crippen LogP contribution is -2.30. The largest absolute Gasteiger partial charge is 0.339 e. The molecule has 2 amide bonds. The summed E-state index contributed by atoms with van der Waals surface area (Å²) in [6.07, 6.45) is 4.46. The van der Waals surface area contributed by atoms with E-state index < -0.39 is 10.0 Å². The third-order valence-corrected chi connectivity index (χ3v) is 7.61. The van der Waals surface area contributed by atoms with Gasteiger partial charge in [0, 0.05) is 31.2 Å². The Bertz CT molecular complexity index is 1150. The number of benzene rings is 2. The number of para-hydroxylation sites is 1. The summed E-state index contributed by atoms with van der Waals surface area (Å²) in [5.41, 5.74) is 2.31. The molecule has 2 aromatic carbocycles. The summed E-state index contributed by atoms with van der Waals surface area (Å²) < 4.78 is 28.8. The molecule has 1 saturated heterocycles. The number of rotatable bonds is 5. The normalized spacial score (nSPS) is 18.2. The van der Waals surface area contributed by atoms with Gasteiger partial charge in [0.25, 0.3) is 15.9 Å². The van der Waals surface area contributed by atoms with Gasteiger partial charge in [-0.2, -0.15) is 0 Å². The highest BCUT2D eigenvalue weighted by atomic mass is 32.2. The second kappa shape index (κ2) is 7.67. The van der Waals surface area contributed by atoms with E-state index in [9.17, 15) is 18.0 Å². The van der Waals surface area contributed by atoms with E-state index >= 15 is 0 Å². The molecule has 0 atom stereocenters. The Morgan fingerprint density at radius 1 is 0.968 bits per heavy atom. The van der Waals surface area contributed by atoms with Crippen molar-refractivity contribution in [1.82, 2.24) is 4.90 Å². The average Bonchev–Trinajstić information content (AvgIpc) is 3.30. The van der Waals surface area contributed by atoms with Crippen LogP contribution in [-0.4, -0.2) is 44.8 Å². The number of carbonyl (C=O) groups is 2. The van der Waals surface area contributed by atoms with Gasteiger partial charge < -0.3 is 9.80 Å². The number of fused-ring (bicyclic) bond motifs is 1. The molecule has 1 N–H and O–H groups in total. The quantitative estimate of drug-likeness (QED) is 0.776. The van der Waals surface area contributed by atoms with Gasteiger partial charge in [-0.3, -0.25) is 14.3 Å². The number of amides is 2. The Labute approximate surface area is 182 Å². The molecule has 8 heteroatoms. The minimum absolute atomic E-state index is 0.126. The summed E-state index contributed by atoms with van der Waals surface area (Å²) in [5.74, 6) is 0.112.